The number of nitrogen functional groups attached to an aromatic ring is 1. The highest BCUT2D eigenvalue weighted by molar-refractivity contribution is 6.06. The van der Waals surface area contributed by atoms with Crippen LogP contribution in [0.2, 0.25) is 0 Å². The fraction of sp³-hybridized carbons (Fsp3) is 0.235. The van der Waals surface area contributed by atoms with Crippen LogP contribution in [0.1, 0.15) is 29.2 Å². The Labute approximate surface area is 140 Å². The van der Waals surface area contributed by atoms with Crippen molar-refractivity contribution in [3.8, 4) is 0 Å². The van der Waals surface area contributed by atoms with E-state index in [1.165, 1.54) is 6.20 Å². The molecule has 6 heteroatoms. The van der Waals surface area contributed by atoms with E-state index in [1.807, 2.05) is 0 Å². The van der Waals surface area contributed by atoms with Crippen molar-refractivity contribution in [2.75, 3.05) is 23.8 Å². The highest BCUT2D eigenvalue weighted by Crippen LogP contribution is 2.16. The summed E-state index contributed by atoms with van der Waals surface area (Å²) in [6.07, 6.45) is 1.34. The van der Waals surface area contributed by atoms with Crippen LogP contribution in [0.5, 0.6) is 0 Å². The molecule has 0 saturated carbocycles. The molecule has 0 saturated heterocycles. The van der Waals surface area contributed by atoms with Gasteiger partial charge in [-0.2, -0.15) is 0 Å². The molecule has 0 unspecified atom stereocenters. The van der Waals surface area contributed by atoms with E-state index in [4.69, 9.17) is 16.0 Å². The topological polar surface area (TPSA) is 85.5 Å². The number of anilines is 2. The molecule has 0 aliphatic rings. The lowest BCUT2D eigenvalue weighted by Crippen LogP contribution is -2.34. The quantitative estimate of drug-likeness (QED) is 0.652. The lowest BCUT2D eigenvalue weighted by Gasteiger charge is -2.21. The number of carbonyl (C=O) groups is 2. The smallest absolute Gasteiger partial charge is 0.307 e. The van der Waals surface area contributed by atoms with Gasteiger partial charge in [-0.1, -0.05) is 12.1 Å². The Hall–Kier alpha value is -2.89. The zero-order chi connectivity index (χ0) is 20.1. The fourth-order valence-corrected chi connectivity index (χ4v) is 1.87. The summed E-state index contributed by atoms with van der Waals surface area (Å²) in [5.74, 6) is -1.09. The van der Waals surface area contributed by atoms with Crippen molar-refractivity contribution in [2.24, 2.45) is 0 Å². The van der Waals surface area contributed by atoms with Crippen molar-refractivity contribution in [1.82, 2.24) is 4.98 Å². The minimum absolute atomic E-state index is 0.0938. The molecular weight excluding hydrogens is 294 g/mol. The van der Waals surface area contributed by atoms with Gasteiger partial charge in [0.05, 0.1) is 18.5 Å². The molecule has 0 atom stereocenters. The second kappa shape index (κ2) is 7.93. The second-order valence-electron chi connectivity index (χ2n) is 4.49. The van der Waals surface area contributed by atoms with E-state index >= 15 is 0 Å². The van der Waals surface area contributed by atoms with Gasteiger partial charge >= 0.3 is 5.97 Å². The Morgan fingerprint density at radius 3 is 2.91 bits per heavy atom. The molecule has 1 aromatic heterocycles. The third-order valence-corrected chi connectivity index (χ3v) is 2.87. The molecule has 0 radical (unpaired) electrons. The number of rotatable bonds is 6. The molecule has 0 bridgehead atoms. The summed E-state index contributed by atoms with van der Waals surface area (Å²) < 4.78 is 36.4. The molecule has 0 aliphatic heterocycles. The van der Waals surface area contributed by atoms with Crippen LogP contribution in [0.4, 0.5) is 11.5 Å². The van der Waals surface area contributed by atoms with E-state index in [0.717, 1.165) is 4.90 Å². The number of esters is 1. The van der Waals surface area contributed by atoms with Gasteiger partial charge in [-0.05, 0) is 37.2 Å². The molecule has 6 nitrogen and oxygen atoms in total. The monoisotopic (exact) mass is 317 g/mol. The van der Waals surface area contributed by atoms with Gasteiger partial charge in [-0.15, -0.1) is 0 Å². The molecule has 0 fully saturated rings. The van der Waals surface area contributed by atoms with Gasteiger partial charge in [-0.3, -0.25) is 14.5 Å². The zero-order valence-corrected chi connectivity index (χ0v) is 12.6. The van der Waals surface area contributed by atoms with Gasteiger partial charge in [0.25, 0.3) is 5.91 Å². The summed E-state index contributed by atoms with van der Waals surface area (Å²) in [6.45, 7) is 1.77. The Balaban J connectivity index is 2.47. The van der Waals surface area contributed by atoms with Crippen molar-refractivity contribution in [2.45, 2.75) is 13.3 Å². The van der Waals surface area contributed by atoms with Crippen molar-refractivity contribution in [1.29, 1.82) is 0 Å². The number of benzene rings is 1. The maximum atomic E-state index is 13.1. The number of ether oxygens (including phenoxy) is 1. The van der Waals surface area contributed by atoms with Crippen LogP contribution in [0, 0.1) is 0 Å². The van der Waals surface area contributed by atoms with Crippen LogP contribution in [-0.2, 0) is 9.53 Å². The molecular formula is C17H19N3O3. The predicted octanol–water partition coefficient (Wildman–Crippen LogP) is 2.26. The molecule has 2 N–H and O–H groups in total. The molecule has 120 valence electrons. The van der Waals surface area contributed by atoms with Crippen LogP contribution in [0.25, 0.3) is 0 Å². The van der Waals surface area contributed by atoms with Crippen LogP contribution in [-0.4, -0.2) is 30.0 Å². The minimum atomic E-state index is -0.798. The van der Waals surface area contributed by atoms with E-state index < -0.39 is 41.6 Å². The average Bonchev–Trinajstić information content (AvgIpc) is 2.66. The Morgan fingerprint density at radius 2 is 2.22 bits per heavy atom. The summed E-state index contributed by atoms with van der Waals surface area (Å²) in [4.78, 5) is 30.0. The third kappa shape index (κ3) is 4.54. The first-order chi connectivity index (χ1) is 12.8. The van der Waals surface area contributed by atoms with Crippen molar-refractivity contribution in [3.05, 3.63) is 54.1 Å². The standard InChI is InChI=1S/C17H19N3O3/c1-2-23-16(21)9-11-20(15-8-3-4-10-19-15)17(22)13-6-5-7-14(18)12-13/h3-8,10,12H,2,9,11,18H2,1H3/i5D,6D,7D,12D. The number of aromatic nitrogens is 1. The van der Waals surface area contributed by atoms with Gasteiger partial charge in [0.2, 0.25) is 0 Å². The molecule has 0 aliphatic carbocycles. The van der Waals surface area contributed by atoms with E-state index in [9.17, 15) is 9.59 Å². The number of nitrogens with two attached hydrogens (primary N) is 1. The Kier molecular flexibility index (Phi) is 4.02. The van der Waals surface area contributed by atoms with Crippen molar-refractivity contribution < 1.29 is 19.8 Å². The number of carbonyl (C=O) groups excluding carboxylic acids is 2. The summed E-state index contributed by atoms with van der Waals surface area (Å²) in [6, 6.07) is 2.76. The van der Waals surface area contributed by atoms with Gasteiger partial charge < -0.3 is 10.5 Å². The number of hydrogen-bond acceptors (Lipinski definition) is 5. The van der Waals surface area contributed by atoms with Crippen LogP contribution in [0.15, 0.2) is 48.6 Å². The van der Waals surface area contributed by atoms with E-state index in [0.29, 0.717) is 0 Å². The maximum Gasteiger partial charge on any atom is 0.307 e. The maximum absolute atomic E-state index is 13.1. The molecule has 0 spiro atoms. The highest BCUT2D eigenvalue weighted by atomic mass is 16.5. The van der Waals surface area contributed by atoms with Gasteiger partial charge in [-0.25, -0.2) is 4.98 Å². The minimum Gasteiger partial charge on any atom is -0.466 e. The van der Waals surface area contributed by atoms with E-state index in [1.54, 1.807) is 25.1 Å². The average molecular weight is 317 g/mol. The molecule has 23 heavy (non-hydrogen) atoms. The highest BCUT2D eigenvalue weighted by Gasteiger charge is 2.20. The molecule has 2 aromatic rings. The zero-order valence-electron chi connectivity index (χ0n) is 16.6. The van der Waals surface area contributed by atoms with Crippen LogP contribution < -0.4 is 10.6 Å². The number of nitrogens with zero attached hydrogens (tertiary/aromatic N) is 2. The van der Waals surface area contributed by atoms with Crippen molar-refractivity contribution in [3.63, 3.8) is 0 Å². The molecule has 1 heterocycles. The van der Waals surface area contributed by atoms with Crippen LogP contribution in [0.3, 0.4) is 0 Å². The second-order valence-corrected chi connectivity index (χ2v) is 4.49. The number of amides is 1. The van der Waals surface area contributed by atoms with Gasteiger partial charge in [0, 0.05) is 24.0 Å². The largest absolute Gasteiger partial charge is 0.466 e. The van der Waals surface area contributed by atoms with E-state index in [2.05, 4.69) is 4.98 Å². The Morgan fingerprint density at radius 1 is 1.39 bits per heavy atom. The summed E-state index contributed by atoms with van der Waals surface area (Å²) in [5, 5.41) is 0. The van der Waals surface area contributed by atoms with Crippen molar-refractivity contribution >= 4 is 23.4 Å². The lowest BCUT2D eigenvalue weighted by atomic mass is 10.1. The molecule has 2 rings (SSSR count). The summed E-state index contributed by atoms with van der Waals surface area (Å²) >= 11 is 0. The molecule has 1 aromatic carbocycles. The first-order valence-electron chi connectivity index (χ1n) is 9.03. The normalized spacial score (nSPS) is 12.6. The lowest BCUT2D eigenvalue weighted by molar-refractivity contribution is -0.142. The third-order valence-electron chi connectivity index (χ3n) is 2.87. The van der Waals surface area contributed by atoms with E-state index in [-0.39, 0.29) is 31.1 Å². The van der Waals surface area contributed by atoms with Crippen LogP contribution >= 0.6 is 0 Å². The first-order valence-corrected chi connectivity index (χ1v) is 7.03. The van der Waals surface area contributed by atoms with Gasteiger partial charge in [0.1, 0.15) is 5.82 Å². The number of hydrogen-bond donors (Lipinski definition) is 1. The van der Waals surface area contributed by atoms with Gasteiger partial charge in [0.15, 0.2) is 0 Å². The summed E-state index contributed by atoms with van der Waals surface area (Å²) in [7, 11) is 0. The Bertz CT molecular complexity index is 833. The first kappa shape index (κ1) is 11.6. The fourth-order valence-electron chi connectivity index (χ4n) is 1.87. The summed E-state index contributed by atoms with van der Waals surface area (Å²) in [5.41, 5.74) is 4.88. The number of pyridine rings is 1. The molecule has 1 amide bonds. The SMILES string of the molecule is [2H]c1c([2H])c(N)c([2H])c(C(=O)N(CCC(=O)OCC)c2ccccn2)c1[2H]. The predicted molar refractivity (Wildman–Crippen MR) is 88.0 cm³/mol.